The summed E-state index contributed by atoms with van der Waals surface area (Å²) in [6, 6.07) is 9.92. The lowest BCUT2D eigenvalue weighted by Gasteiger charge is -2.15. The van der Waals surface area contributed by atoms with Gasteiger partial charge in [0.05, 0.1) is 13.2 Å². The predicted octanol–water partition coefficient (Wildman–Crippen LogP) is 4.07. The first-order chi connectivity index (χ1) is 9.52. The molecule has 106 valence electrons. The Kier molecular flexibility index (Phi) is 4.63. The van der Waals surface area contributed by atoms with E-state index in [9.17, 15) is 9.50 Å². The van der Waals surface area contributed by atoms with Crippen molar-refractivity contribution < 1.29 is 14.2 Å². The number of aliphatic hydroxyl groups excluding tert-OH is 1. The Bertz CT molecular complexity index is 593. The molecule has 2 nitrogen and oxygen atoms in total. The maximum atomic E-state index is 13.7. The van der Waals surface area contributed by atoms with E-state index in [1.165, 1.54) is 6.07 Å². The highest BCUT2D eigenvalue weighted by atomic mass is 35.5. The monoisotopic (exact) mass is 294 g/mol. The van der Waals surface area contributed by atoms with Crippen LogP contribution in [0.4, 0.5) is 4.39 Å². The smallest absolute Gasteiger partial charge is 0.127 e. The highest BCUT2D eigenvalue weighted by Crippen LogP contribution is 2.28. The number of rotatable bonds is 4. The summed E-state index contributed by atoms with van der Waals surface area (Å²) in [5, 5.41) is 10.6. The molecule has 0 heterocycles. The number of aryl methyl sites for hydroxylation is 1. The van der Waals surface area contributed by atoms with Crippen molar-refractivity contribution in [2.45, 2.75) is 19.4 Å². The standard InChI is InChI=1S/C16H16ClFO2/c1-10-6-7-11(8-16(10)20-2)15(19)9-12-13(17)4-3-5-14(12)18/h3-8,15,19H,9H2,1-2H3. The molecule has 0 aliphatic rings. The van der Waals surface area contributed by atoms with E-state index in [4.69, 9.17) is 16.3 Å². The molecule has 0 radical (unpaired) electrons. The zero-order chi connectivity index (χ0) is 14.7. The average Bonchev–Trinajstić information content (AvgIpc) is 2.43. The number of methoxy groups -OCH3 is 1. The van der Waals surface area contributed by atoms with Gasteiger partial charge >= 0.3 is 0 Å². The molecule has 0 aliphatic carbocycles. The van der Waals surface area contributed by atoms with E-state index in [-0.39, 0.29) is 6.42 Å². The number of halogens is 2. The van der Waals surface area contributed by atoms with Gasteiger partial charge < -0.3 is 9.84 Å². The summed E-state index contributed by atoms with van der Waals surface area (Å²) in [7, 11) is 1.58. The summed E-state index contributed by atoms with van der Waals surface area (Å²) < 4.78 is 18.9. The SMILES string of the molecule is COc1cc(C(O)Cc2c(F)cccc2Cl)ccc1C. The van der Waals surface area contributed by atoms with E-state index in [1.54, 1.807) is 31.4 Å². The third-order valence-corrected chi connectivity index (χ3v) is 3.63. The topological polar surface area (TPSA) is 29.5 Å². The Morgan fingerprint density at radius 3 is 2.70 bits per heavy atom. The van der Waals surface area contributed by atoms with Crippen LogP contribution in [0.2, 0.25) is 5.02 Å². The van der Waals surface area contributed by atoms with Crippen LogP contribution >= 0.6 is 11.6 Å². The summed E-state index contributed by atoms with van der Waals surface area (Å²) in [5.74, 6) is 0.289. The van der Waals surface area contributed by atoms with Crippen LogP contribution in [0.15, 0.2) is 36.4 Å². The molecule has 0 spiro atoms. The van der Waals surface area contributed by atoms with Gasteiger partial charge in [0.2, 0.25) is 0 Å². The molecule has 4 heteroatoms. The van der Waals surface area contributed by atoms with Gasteiger partial charge in [0.25, 0.3) is 0 Å². The lowest BCUT2D eigenvalue weighted by atomic mass is 9.99. The highest BCUT2D eigenvalue weighted by molar-refractivity contribution is 6.31. The summed E-state index contributed by atoms with van der Waals surface area (Å²) in [6.07, 6.45) is -0.712. The van der Waals surface area contributed by atoms with Crippen LogP contribution in [0.25, 0.3) is 0 Å². The molecule has 0 saturated carbocycles. The van der Waals surface area contributed by atoms with Crippen molar-refractivity contribution in [3.63, 3.8) is 0 Å². The Balaban J connectivity index is 2.26. The maximum absolute atomic E-state index is 13.7. The van der Waals surface area contributed by atoms with Crippen LogP contribution in [-0.4, -0.2) is 12.2 Å². The van der Waals surface area contributed by atoms with E-state index >= 15 is 0 Å². The summed E-state index contributed by atoms with van der Waals surface area (Å²) in [5.41, 5.74) is 1.97. The molecule has 1 N–H and O–H groups in total. The van der Waals surface area contributed by atoms with Crippen molar-refractivity contribution in [2.24, 2.45) is 0 Å². The largest absolute Gasteiger partial charge is 0.496 e. The Morgan fingerprint density at radius 2 is 2.05 bits per heavy atom. The van der Waals surface area contributed by atoms with E-state index < -0.39 is 11.9 Å². The van der Waals surface area contributed by atoms with Gasteiger partial charge in [-0.2, -0.15) is 0 Å². The van der Waals surface area contributed by atoms with Crippen molar-refractivity contribution >= 4 is 11.6 Å². The Morgan fingerprint density at radius 1 is 1.30 bits per heavy atom. The second-order valence-electron chi connectivity index (χ2n) is 4.65. The van der Waals surface area contributed by atoms with Crippen molar-refractivity contribution in [1.29, 1.82) is 0 Å². The van der Waals surface area contributed by atoms with Gasteiger partial charge in [0.1, 0.15) is 11.6 Å². The molecule has 0 bridgehead atoms. The number of hydrogen-bond donors (Lipinski definition) is 1. The highest BCUT2D eigenvalue weighted by Gasteiger charge is 2.15. The van der Waals surface area contributed by atoms with Crippen LogP contribution in [0, 0.1) is 12.7 Å². The molecule has 1 unspecified atom stereocenters. The van der Waals surface area contributed by atoms with Gasteiger partial charge in [-0.1, -0.05) is 29.8 Å². The fourth-order valence-electron chi connectivity index (χ4n) is 2.08. The van der Waals surface area contributed by atoms with Crippen LogP contribution in [0.5, 0.6) is 5.75 Å². The first-order valence-electron chi connectivity index (χ1n) is 6.28. The Labute approximate surface area is 122 Å². The van der Waals surface area contributed by atoms with Gasteiger partial charge in [-0.3, -0.25) is 0 Å². The minimum absolute atomic E-state index is 0.123. The van der Waals surface area contributed by atoms with Crippen LogP contribution in [-0.2, 0) is 6.42 Å². The molecular formula is C16H16ClFO2. The lowest BCUT2D eigenvalue weighted by Crippen LogP contribution is -2.05. The van der Waals surface area contributed by atoms with E-state index in [1.807, 2.05) is 13.0 Å². The second-order valence-corrected chi connectivity index (χ2v) is 5.06. The molecule has 2 aromatic carbocycles. The van der Waals surface area contributed by atoms with Crippen LogP contribution in [0.1, 0.15) is 22.8 Å². The molecule has 2 aromatic rings. The molecule has 0 aromatic heterocycles. The van der Waals surface area contributed by atoms with Crippen LogP contribution < -0.4 is 4.74 Å². The summed E-state index contributed by atoms with van der Waals surface area (Å²) in [6.45, 7) is 1.92. The van der Waals surface area contributed by atoms with Crippen molar-refractivity contribution in [2.75, 3.05) is 7.11 Å². The first-order valence-corrected chi connectivity index (χ1v) is 6.66. The second kappa shape index (κ2) is 6.25. The molecule has 1 atom stereocenters. The van der Waals surface area contributed by atoms with E-state index in [0.29, 0.717) is 21.9 Å². The molecule has 20 heavy (non-hydrogen) atoms. The number of benzene rings is 2. The van der Waals surface area contributed by atoms with Gasteiger partial charge in [-0.05, 0) is 36.2 Å². The predicted molar refractivity (Wildman–Crippen MR) is 77.8 cm³/mol. The minimum Gasteiger partial charge on any atom is -0.496 e. The zero-order valence-electron chi connectivity index (χ0n) is 11.4. The van der Waals surface area contributed by atoms with Gasteiger partial charge in [-0.15, -0.1) is 0 Å². The minimum atomic E-state index is -0.834. The lowest BCUT2D eigenvalue weighted by molar-refractivity contribution is 0.176. The normalized spacial score (nSPS) is 12.2. The molecule has 0 aliphatic heterocycles. The number of hydrogen-bond acceptors (Lipinski definition) is 2. The quantitative estimate of drug-likeness (QED) is 0.921. The van der Waals surface area contributed by atoms with Crippen molar-refractivity contribution in [3.05, 3.63) is 63.9 Å². The third-order valence-electron chi connectivity index (χ3n) is 3.28. The molecule has 0 amide bonds. The number of aliphatic hydroxyl groups is 1. The summed E-state index contributed by atoms with van der Waals surface area (Å²) >= 11 is 5.97. The van der Waals surface area contributed by atoms with Gasteiger partial charge in [0.15, 0.2) is 0 Å². The van der Waals surface area contributed by atoms with E-state index in [2.05, 4.69) is 0 Å². The molecular weight excluding hydrogens is 279 g/mol. The molecule has 0 fully saturated rings. The Hall–Kier alpha value is -1.58. The van der Waals surface area contributed by atoms with E-state index in [0.717, 1.165) is 5.56 Å². The van der Waals surface area contributed by atoms with Crippen LogP contribution in [0.3, 0.4) is 0 Å². The maximum Gasteiger partial charge on any atom is 0.127 e. The third kappa shape index (κ3) is 3.11. The van der Waals surface area contributed by atoms with Crippen molar-refractivity contribution in [3.8, 4) is 5.75 Å². The molecule has 2 rings (SSSR count). The summed E-state index contributed by atoms with van der Waals surface area (Å²) in [4.78, 5) is 0. The average molecular weight is 295 g/mol. The zero-order valence-corrected chi connectivity index (χ0v) is 12.1. The fourth-order valence-corrected chi connectivity index (χ4v) is 2.32. The number of ether oxygens (including phenoxy) is 1. The van der Waals surface area contributed by atoms with Crippen molar-refractivity contribution in [1.82, 2.24) is 0 Å². The molecule has 0 saturated heterocycles. The first kappa shape index (κ1) is 14.8. The van der Waals surface area contributed by atoms with Gasteiger partial charge in [0, 0.05) is 17.0 Å². The fraction of sp³-hybridized carbons (Fsp3) is 0.250. The van der Waals surface area contributed by atoms with Gasteiger partial charge in [-0.25, -0.2) is 4.39 Å².